The van der Waals surface area contributed by atoms with Gasteiger partial charge in [0.25, 0.3) is 0 Å². The molecule has 0 unspecified atom stereocenters. The van der Waals surface area contributed by atoms with Crippen LogP contribution >= 0.6 is 12.4 Å². The molecule has 0 bridgehead atoms. The molecule has 0 N–H and O–H groups in total. The number of carbonyl (C=O) groups is 1. The van der Waals surface area contributed by atoms with Gasteiger partial charge in [-0.3, -0.25) is 9.69 Å². The third-order valence-corrected chi connectivity index (χ3v) is 3.42. The van der Waals surface area contributed by atoms with Crippen molar-refractivity contribution in [1.82, 2.24) is 4.90 Å². The van der Waals surface area contributed by atoms with E-state index in [1.807, 2.05) is 18.2 Å². The van der Waals surface area contributed by atoms with E-state index in [1.54, 1.807) is 7.11 Å². The normalized spacial score (nSPS) is 15.1. The lowest BCUT2D eigenvalue weighted by atomic mass is 10.1. The van der Waals surface area contributed by atoms with Crippen LogP contribution in [-0.4, -0.2) is 51.4 Å². The van der Waals surface area contributed by atoms with Crippen molar-refractivity contribution in [3.8, 4) is 5.75 Å². The van der Waals surface area contributed by atoms with Crippen LogP contribution in [0.25, 0.3) is 0 Å². The fraction of sp³-hybridized carbons (Fsp3) is 0.533. The van der Waals surface area contributed by atoms with Gasteiger partial charge in [0.05, 0.1) is 33.9 Å². The summed E-state index contributed by atoms with van der Waals surface area (Å²) < 4.78 is 15.5. The lowest BCUT2D eigenvalue weighted by molar-refractivity contribution is -0.139. The van der Waals surface area contributed by atoms with Crippen LogP contribution in [0, 0.1) is 0 Å². The number of hydrogen-bond donors (Lipinski definition) is 0. The Bertz CT molecular complexity index is 461. The van der Waals surface area contributed by atoms with E-state index in [0.29, 0.717) is 0 Å². The van der Waals surface area contributed by atoms with Crippen molar-refractivity contribution in [2.75, 3.05) is 40.5 Å². The largest absolute Gasteiger partial charge is 0.496 e. The lowest BCUT2D eigenvalue weighted by Gasteiger charge is -2.27. The van der Waals surface area contributed by atoms with E-state index in [0.717, 1.165) is 49.7 Å². The van der Waals surface area contributed by atoms with Gasteiger partial charge in [-0.15, -0.1) is 12.4 Å². The number of benzene rings is 1. The van der Waals surface area contributed by atoms with Gasteiger partial charge >= 0.3 is 5.97 Å². The molecular weight excluding hydrogens is 294 g/mol. The highest BCUT2D eigenvalue weighted by Gasteiger charge is 2.14. The maximum Gasteiger partial charge on any atom is 0.309 e. The third kappa shape index (κ3) is 5.19. The summed E-state index contributed by atoms with van der Waals surface area (Å²) in [6.07, 6.45) is 0.288. The summed E-state index contributed by atoms with van der Waals surface area (Å²) in [7, 11) is 3.07. The molecule has 1 aliphatic rings. The molecule has 1 saturated heterocycles. The van der Waals surface area contributed by atoms with Gasteiger partial charge in [-0.1, -0.05) is 12.1 Å². The highest BCUT2D eigenvalue weighted by molar-refractivity contribution is 5.85. The number of halogens is 1. The molecule has 1 fully saturated rings. The van der Waals surface area contributed by atoms with E-state index in [4.69, 9.17) is 14.2 Å². The molecule has 118 valence electrons. The summed E-state index contributed by atoms with van der Waals surface area (Å²) in [5.41, 5.74) is 2.04. The molecule has 1 heterocycles. The maximum atomic E-state index is 11.4. The second kappa shape index (κ2) is 8.87. The number of ether oxygens (including phenoxy) is 3. The minimum absolute atomic E-state index is 0. The summed E-state index contributed by atoms with van der Waals surface area (Å²) in [4.78, 5) is 13.7. The zero-order valence-electron chi connectivity index (χ0n) is 12.5. The molecule has 1 aliphatic heterocycles. The first-order valence-electron chi connectivity index (χ1n) is 6.75. The summed E-state index contributed by atoms with van der Waals surface area (Å²) in [5, 5.41) is 0. The minimum Gasteiger partial charge on any atom is -0.496 e. The number of esters is 1. The fourth-order valence-corrected chi connectivity index (χ4v) is 2.30. The standard InChI is InChI=1S/C15H21NO4.ClH/c1-18-14-4-3-12(10-15(17)19-2)9-13(14)11-16-5-7-20-8-6-16;/h3-4,9H,5-8,10-11H2,1-2H3;1H. The molecule has 6 heteroatoms. The average molecular weight is 316 g/mol. The molecule has 1 aromatic rings. The Morgan fingerprint density at radius 2 is 2.00 bits per heavy atom. The molecule has 0 saturated carbocycles. The van der Waals surface area contributed by atoms with Crippen molar-refractivity contribution in [2.45, 2.75) is 13.0 Å². The van der Waals surface area contributed by atoms with E-state index in [2.05, 4.69) is 4.90 Å². The molecule has 21 heavy (non-hydrogen) atoms. The van der Waals surface area contributed by atoms with Crippen molar-refractivity contribution >= 4 is 18.4 Å². The zero-order chi connectivity index (χ0) is 14.4. The quantitative estimate of drug-likeness (QED) is 0.774. The first-order valence-corrected chi connectivity index (χ1v) is 6.75. The topological polar surface area (TPSA) is 48.0 Å². The summed E-state index contributed by atoms with van der Waals surface area (Å²) in [6.45, 7) is 4.19. The molecule has 0 spiro atoms. The van der Waals surface area contributed by atoms with Crippen LogP contribution in [0.2, 0.25) is 0 Å². The van der Waals surface area contributed by atoms with Gasteiger partial charge in [0.1, 0.15) is 5.75 Å². The number of rotatable bonds is 5. The Kier molecular flexibility index (Phi) is 7.50. The first-order chi connectivity index (χ1) is 9.72. The maximum absolute atomic E-state index is 11.4. The number of carbonyl (C=O) groups excluding carboxylic acids is 1. The molecule has 0 aromatic heterocycles. The van der Waals surface area contributed by atoms with Crippen LogP contribution in [0.1, 0.15) is 11.1 Å². The second-order valence-electron chi connectivity index (χ2n) is 4.79. The molecule has 0 atom stereocenters. The minimum atomic E-state index is -0.229. The average Bonchev–Trinajstić information content (AvgIpc) is 2.48. The van der Waals surface area contributed by atoms with Crippen LogP contribution in [0.4, 0.5) is 0 Å². The Morgan fingerprint density at radius 1 is 1.29 bits per heavy atom. The second-order valence-corrected chi connectivity index (χ2v) is 4.79. The van der Waals surface area contributed by atoms with Gasteiger partial charge < -0.3 is 14.2 Å². The summed E-state index contributed by atoms with van der Waals surface area (Å²) in [6, 6.07) is 5.83. The first kappa shape index (κ1) is 17.8. The number of morpholine rings is 1. The van der Waals surface area contributed by atoms with Gasteiger partial charge in [0, 0.05) is 25.2 Å². The fourth-order valence-electron chi connectivity index (χ4n) is 2.30. The lowest BCUT2D eigenvalue weighted by Crippen LogP contribution is -2.35. The van der Waals surface area contributed by atoms with E-state index < -0.39 is 0 Å². The van der Waals surface area contributed by atoms with E-state index in [-0.39, 0.29) is 24.8 Å². The number of nitrogens with zero attached hydrogens (tertiary/aromatic N) is 1. The van der Waals surface area contributed by atoms with Gasteiger partial charge in [-0.05, 0) is 11.6 Å². The molecule has 1 aromatic carbocycles. The van der Waals surface area contributed by atoms with Gasteiger partial charge in [-0.25, -0.2) is 0 Å². The predicted octanol–water partition coefficient (Wildman–Crippen LogP) is 1.66. The van der Waals surface area contributed by atoms with Gasteiger partial charge in [0.15, 0.2) is 0 Å². The van der Waals surface area contributed by atoms with Crippen molar-refractivity contribution in [3.05, 3.63) is 29.3 Å². The molecule has 5 nitrogen and oxygen atoms in total. The van der Waals surface area contributed by atoms with E-state index in [9.17, 15) is 4.79 Å². The van der Waals surface area contributed by atoms with E-state index >= 15 is 0 Å². The van der Waals surface area contributed by atoms with Crippen LogP contribution in [-0.2, 0) is 27.2 Å². The SMILES string of the molecule is COC(=O)Cc1ccc(OC)c(CN2CCOCC2)c1.Cl. The van der Waals surface area contributed by atoms with Gasteiger partial charge in [-0.2, -0.15) is 0 Å². The molecule has 0 aliphatic carbocycles. The number of hydrogen-bond acceptors (Lipinski definition) is 5. The van der Waals surface area contributed by atoms with Crippen molar-refractivity contribution < 1.29 is 19.0 Å². The number of methoxy groups -OCH3 is 2. The molecular formula is C15H22ClNO4. The van der Waals surface area contributed by atoms with Crippen molar-refractivity contribution in [2.24, 2.45) is 0 Å². The summed E-state index contributed by atoms with van der Waals surface area (Å²) in [5.74, 6) is 0.623. The smallest absolute Gasteiger partial charge is 0.309 e. The van der Waals surface area contributed by atoms with Gasteiger partial charge in [0.2, 0.25) is 0 Å². The summed E-state index contributed by atoms with van der Waals surface area (Å²) >= 11 is 0. The molecule has 0 radical (unpaired) electrons. The Labute approximate surface area is 131 Å². The third-order valence-electron chi connectivity index (χ3n) is 3.42. The van der Waals surface area contributed by atoms with Crippen molar-refractivity contribution in [3.63, 3.8) is 0 Å². The predicted molar refractivity (Wildman–Crippen MR) is 82.1 cm³/mol. The highest BCUT2D eigenvalue weighted by atomic mass is 35.5. The van der Waals surface area contributed by atoms with Crippen LogP contribution in [0.15, 0.2) is 18.2 Å². The Hall–Kier alpha value is -1.30. The van der Waals surface area contributed by atoms with Crippen LogP contribution in [0.3, 0.4) is 0 Å². The molecule has 2 rings (SSSR count). The molecule has 0 amide bonds. The highest BCUT2D eigenvalue weighted by Crippen LogP contribution is 2.22. The Morgan fingerprint density at radius 3 is 2.62 bits per heavy atom. The monoisotopic (exact) mass is 315 g/mol. The van der Waals surface area contributed by atoms with Crippen LogP contribution in [0.5, 0.6) is 5.75 Å². The Balaban J connectivity index is 0.00000220. The van der Waals surface area contributed by atoms with E-state index in [1.165, 1.54) is 7.11 Å². The zero-order valence-corrected chi connectivity index (χ0v) is 13.3. The van der Waals surface area contributed by atoms with Crippen molar-refractivity contribution in [1.29, 1.82) is 0 Å². The van der Waals surface area contributed by atoms with Crippen LogP contribution < -0.4 is 4.74 Å².